The summed E-state index contributed by atoms with van der Waals surface area (Å²) in [5, 5.41) is 12.0. The molecule has 0 spiro atoms. The average molecular weight is 583 g/mol. The topological polar surface area (TPSA) is 119 Å². The quantitative estimate of drug-likeness (QED) is 0.414. The number of amides is 3. The predicted molar refractivity (Wildman–Crippen MR) is 141 cm³/mol. The van der Waals surface area contributed by atoms with E-state index in [0.717, 1.165) is 22.1 Å². The highest BCUT2D eigenvalue weighted by atomic mass is 35.5. The zero-order valence-electron chi connectivity index (χ0n) is 21.3. The van der Waals surface area contributed by atoms with Gasteiger partial charge in [0, 0.05) is 54.4 Å². The Kier molecular flexibility index (Phi) is 7.64. The highest BCUT2D eigenvalue weighted by molar-refractivity contribution is 6.31. The molecule has 2 aromatic heterocycles. The van der Waals surface area contributed by atoms with Gasteiger partial charge in [0.1, 0.15) is 17.9 Å². The van der Waals surface area contributed by atoms with E-state index in [2.05, 4.69) is 15.3 Å². The molecule has 210 valence electrons. The minimum absolute atomic E-state index is 0.0336. The molecule has 1 aliphatic heterocycles. The summed E-state index contributed by atoms with van der Waals surface area (Å²) in [6, 6.07) is 9.62. The highest BCUT2D eigenvalue weighted by Gasteiger charge is 2.48. The Bertz CT molecular complexity index is 1560. The molecule has 9 nitrogen and oxygen atoms in total. The van der Waals surface area contributed by atoms with Gasteiger partial charge in [-0.15, -0.1) is 0 Å². The second-order valence-electron chi connectivity index (χ2n) is 9.77. The number of nitrogens with zero attached hydrogens (tertiary/aromatic N) is 5. The fourth-order valence-electron chi connectivity index (χ4n) is 5.07. The number of carbonyl (C=O) groups is 3. The summed E-state index contributed by atoms with van der Waals surface area (Å²) >= 11 is 6.47. The van der Waals surface area contributed by atoms with Crippen LogP contribution in [0.25, 0.3) is 0 Å². The van der Waals surface area contributed by atoms with Gasteiger partial charge >= 0.3 is 0 Å². The van der Waals surface area contributed by atoms with Gasteiger partial charge in [0.25, 0.3) is 11.8 Å². The van der Waals surface area contributed by atoms with Gasteiger partial charge in [-0.05, 0) is 30.7 Å². The van der Waals surface area contributed by atoms with E-state index in [-0.39, 0.29) is 40.5 Å². The van der Waals surface area contributed by atoms with E-state index in [1.807, 2.05) is 6.07 Å². The van der Waals surface area contributed by atoms with Crippen molar-refractivity contribution in [3.8, 4) is 6.07 Å². The fraction of sp³-hybridized carbons (Fsp3) is 0.286. The lowest BCUT2D eigenvalue weighted by molar-refractivity contribution is -0.133. The van der Waals surface area contributed by atoms with E-state index < -0.39 is 60.6 Å². The second kappa shape index (κ2) is 11.2. The van der Waals surface area contributed by atoms with Gasteiger partial charge < -0.3 is 5.32 Å². The number of nitrogens with one attached hydrogen (secondary N) is 1. The first kappa shape index (κ1) is 28.0. The Hall–Kier alpha value is -4.50. The minimum Gasteiger partial charge on any atom is -0.351 e. The van der Waals surface area contributed by atoms with E-state index in [0.29, 0.717) is 0 Å². The van der Waals surface area contributed by atoms with E-state index in [4.69, 9.17) is 11.6 Å². The Morgan fingerprint density at radius 3 is 2.56 bits per heavy atom. The van der Waals surface area contributed by atoms with Crippen LogP contribution < -0.4 is 15.1 Å². The largest absolute Gasteiger partial charge is 0.351 e. The van der Waals surface area contributed by atoms with Gasteiger partial charge in [-0.25, -0.2) is 18.7 Å². The maximum Gasteiger partial charge on any atom is 0.252 e. The van der Waals surface area contributed by atoms with Gasteiger partial charge in [-0.1, -0.05) is 29.8 Å². The first-order chi connectivity index (χ1) is 19.6. The number of alkyl halides is 2. The normalized spacial score (nSPS) is 18.8. The van der Waals surface area contributed by atoms with E-state index in [9.17, 15) is 32.8 Å². The highest BCUT2D eigenvalue weighted by Crippen LogP contribution is 2.39. The Balaban J connectivity index is 1.61. The molecule has 0 bridgehead atoms. The van der Waals surface area contributed by atoms with Crippen molar-refractivity contribution in [1.82, 2.24) is 15.3 Å². The number of hydrogen-bond donors (Lipinski definition) is 1. The van der Waals surface area contributed by atoms with Crippen LogP contribution in [0.3, 0.4) is 0 Å². The lowest BCUT2D eigenvalue weighted by atomic mass is 9.87. The Labute approximate surface area is 237 Å². The number of pyridine rings is 2. The van der Waals surface area contributed by atoms with Crippen molar-refractivity contribution in [3.63, 3.8) is 0 Å². The number of halogens is 4. The molecule has 5 rings (SSSR count). The van der Waals surface area contributed by atoms with Gasteiger partial charge in [0.05, 0.1) is 17.3 Å². The fourth-order valence-corrected chi connectivity index (χ4v) is 5.31. The summed E-state index contributed by atoms with van der Waals surface area (Å²) < 4.78 is 41.5. The van der Waals surface area contributed by atoms with Crippen LogP contribution in [0.4, 0.5) is 24.7 Å². The number of carbonyl (C=O) groups excluding carboxylic acids is 3. The summed E-state index contributed by atoms with van der Waals surface area (Å²) in [4.78, 5) is 51.0. The van der Waals surface area contributed by atoms with Gasteiger partial charge in [0.2, 0.25) is 17.8 Å². The number of nitriles is 1. The van der Waals surface area contributed by atoms with E-state index >= 15 is 0 Å². The minimum atomic E-state index is -2.92. The van der Waals surface area contributed by atoms with Crippen LogP contribution in [0.1, 0.15) is 42.9 Å². The van der Waals surface area contributed by atoms with Crippen LogP contribution in [-0.2, 0) is 14.4 Å². The predicted octanol–water partition coefficient (Wildman–Crippen LogP) is 4.32. The third-order valence-electron chi connectivity index (χ3n) is 6.99. The number of benzene rings is 1. The van der Waals surface area contributed by atoms with Crippen molar-refractivity contribution in [2.75, 3.05) is 9.80 Å². The molecule has 2 fully saturated rings. The second-order valence-corrected chi connectivity index (χ2v) is 10.2. The molecule has 13 heteroatoms. The molecule has 3 heterocycles. The van der Waals surface area contributed by atoms with Crippen molar-refractivity contribution >= 4 is 40.8 Å². The van der Waals surface area contributed by atoms with Crippen molar-refractivity contribution in [2.24, 2.45) is 0 Å². The first-order valence-corrected chi connectivity index (χ1v) is 13.0. The lowest BCUT2D eigenvalue weighted by Gasteiger charge is -2.39. The van der Waals surface area contributed by atoms with Crippen LogP contribution in [0.15, 0.2) is 60.9 Å². The van der Waals surface area contributed by atoms with Gasteiger partial charge in [0.15, 0.2) is 0 Å². The molecule has 1 aliphatic carbocycles. The summed E-state index contributed by atoms with van der Waals surface area (Å²) in [5.74, 6) is -5.84. The molecule has 3 aromatic rings. The molecule has 1 N–H and O–H groups in total. The third-order valence-corrected chi connectivity index (χ3v) is 7.33. The zero-order valence-corrected chi connectivity index (χ0v) is 22.1. The molecule has 3 amide bonds. The average Bonchev–Trinajstić information content (AvgIpc) is 3.32. The molecule has 2 aliphatic rings. The molecular formula is C28H22ClF3N6O3. The van der Waals surface area contributed by atoms with Crippen LogP contribution >= 0.6 is 11.6 Å². The molecule has 0 radical (unpaired) electrons. The summed E-state index contributed by atoms with van der Waals surface area (Å²) in [7, 11) is 0. The molecular weight excluding hydrogens is 561 g/mol. The monoisotopic (exact) mass is 582 g/mol. The van der Waals surface area contributed by atoms with Crippen LogP contribution in [0, 0.1) is 17.3 Å². The summed E-state index contributed by atoms with van der Waals surface area (Å²) in [6.45, 7) is 0. The van der Waals surface area contributed by atoms with Crippen molar-refractivity contribution in [2.45, 2.75) is 49.7 Å². The van der Waals surface area contributed by atoms with Crippen LogP contribution in [0.5, 0.6) is 0 Å². The molecule has 1 saturated carbocycles. The number of rotatable bonds is 7. The molecule has 1 aromatic carbocycles. The number of anilines is 2. The van der Waals surface area contributed by atoms with Crippen LogP contribution in [0.2, 0.25) is 5.02 Å². The van der Waals surface area contributed by atoms with E-state index in [1.165, 1.54) is 36.5 Å². The Morgan fingerprint density at radius 1 is 1.15 bits per heavy atom. The molecule has 2 atom stereocenters. The van der Waals surface area contributed by atoms with Crippen LogP contribution in [-0.4, -0.2) is 45.7 Å². The van der Waals surface area contributed by atoms with Crippen molar-refractivity contribution < 1.29 is 27.6 Å². The maximum atomic E-state index is 14.4. The smallest absolute Gasteiger partial charge is 0.252 e. The number of aromatic nitrogens is 2. The van der Waals surface area contributed by atoms with E-state index in [1.54, 1.807) is 12.1 Å². The van der Waals surface area contributed by atoms with Crippen molar-refractivity contribution in [3.05, 3.63) is 83.0 Å². The Morgan fingerprint density at radius 2 is 1.88 bits per heavy atom. The third kappa shape index (κ3) is 5.71. The van der Waals surface area contributed by atoms with Gasteiger partial charge in [-0.3, -0.25) is 24.2 Å². The molecule has 1 saturated heterocycles. The molecule has 41 heavy (non-hydrogen) atoms. The van der Waals surface area contributed by atoms with Crippen molar-refractivity contribution in [1.29, 1.82) is 5.26 Å². The zero-order chi connectivity index (χ0) is 29.3. The summed E-state index contributed by atoms with van der Waals surface area (Å²) in [5.41, 5.74) is 0.294. The first-order valence-electron chi connectivity index (χ1n) is 12.6. The molecule has 1 unspecified atom stereocenters. The standard InChI is InChI=1S/C28H22ClF3N6O3/c29-20-4-2-1-3-19(20)25(26(40)36-17-13-28(31,32)14-17)37(18-8-10-34-22(30)12-18)27(41)21-5-6-24(39)38(21)23-11-16(15-33)7-9-35-23/h1-4,7-12,17,21,25H,5-6,13-14H2,(H,36,40)/t21-,25?/m0/s1. The number of hydrogen-bond acceptors (Lipinski definition) is 6. The van der Waals surface area contributed by atoms with Gasteiger partial charge in [-0.2, -0.15) is 9.65 Å². The summed E-state index contributed by atoms with van der Waals surface area (Å²) in [6.07, 6.45) is 1.29. The lowest BCUT2D eigenvalue weighted by Crippen LogP contribution is -2.56. The maximum absolute atomic E-state index is 14.4. The SMILES string of the molecule is N#Cc1ccnc(N2C(=O)CC[C@H]2C(=O)N(c2ccnc(F)c2)C(C(=O)NC2CC(F)(F)C2)c2ccccc2Cl)c1.